The fourth-order valence-electron chi connectivity index (χ4n) is 3.58. The maximum Gasteiger partial charge on any atom is 0.321 e. The quantitative estimate of drug-likeness (QED) is 0.565. The predicted molar refractivity (Wildman–Crippen MR) is 121 cm³/mol. The van der Waals surface area contributed by atoms with Gasteiger partial charge in [0, 0.05) is 43.2 Å². The van der Waals surface area contributed by atoms with Gasteiger partial charge in [0.2, 0.25) is 10.0 Å². The monoisotopic (exact) mass is 478 g/mol. The Morgan fingerprint density at radius 3 is 2.66 bits per heavy atom. The molecule has 0 radical (unpaired) electrons. The van der Waals surface area contributed by atoms with Crippen LogP contribution < -0.4 is 20.3 Å². The highest BCUT2D eigenvalue weighted by Gasteiger charge is 2.24. The van der Waals surface area contributed by atoms with E-state index in [1.807, 2.05) is 0 Å². The summed E-state index contributed by atoms with van der Waals surface area (Å²) in [5.74, 6) is -0.482. The number of hydrogen-bond donors (Lipinski definition) is 3. The third kappa shape index (κ3) is 5.04. The molecule has 3 N–H and O–H groups in total. The second-order valence-corrected chi connectivity index (χ2v) is 9.66. The molecule has 0 saturated carbocycles. The topological polar surface area (TPSA) is 117 Å². The fourth-order valence-corrected chi connectivity index (χ4v) is 5.17. The van der Waals surface area contributed by atoms with E-state index >= 15 is 0 Å². The first-order chi connectivity index (χ1) is 15.3. The van der Waals surface area contributed by atoms with Crippen molar-refractivity contribution in [1.82, 2.24) is 10.0 Å². The summed E-state index contributed by atoms with van der Waals surface area (Å²) in [6.45, 7) is 1.93. The van der Waals surface area contributed by atoms with Gasteiger partial charge in [0.1, 0.15) is 4.90 Å². The molecule has 170 valence electrons. The molecule has 3 amide bonds. The van der Waals surface area contributed by atoms with Gasteiger partial charge in [-0.15, -0.1) is 0 Å². The molecule has 0 bridgehead atoms. The van der Waals surface area contributed by atoms with E-state index in [0.717, 1.165) is 18.5 Å². The molecule has 0 aromatic heterocycles. The van der Waals surface area contributed by atoms with Crippen molar-refractivity contribution in [3.63, 3.8) is 0 Å². The Morgan fingerprint density at radius 2 is 2.00 bits per heavy atom. The number of sulfonamides is 1. The van der Waals surface area contributed by atoms with Crippen LogP contribution in [0.4, 0.5) is 16.2 Å². The van der Waals surface area contributed by atoms with Crippen LogP contribution in [0.15, 0.2) is 47.4 Å². The number of rotatable bonds is 7. The van der Waals surface area contributed by atoms with Crippen molar-refractivity contribution in [2.45, 2.75) is 23.8 Å². The normalized spacial score (nSPS) is 18.6. The van der Waals surface area contributed by atoms with Gasteiger partial charge in [0.15, 0.2) is 0 Å². The molecule has 2 aliphatic rings. The Morgan fingerprint density at radius 1 is 1.22 bits per heavy atom. The lowest BCUT2D eigenvalue weighted by Crippen LogP contribution is -2.32. The number of halogens is 1. The van der Waals surface area contributed by atoms with Crippen molar-refractivity contribution in [1.29, 1.82) is 0 Å². The molecule has 2 heterocycles. The Balaban J connectivity index is 1.45. The van der Waals surface area contributed by atoms with Gasteiger partial charge in [-0.1, -0.05) is 11.6 Å². The highest BCUT2D eigenvalue weighted by Crippen LogP contribution is 2.24. The molecule has 2 fully saturated rings. The molecule has 2 saturated heterocycles. The van der Waals surface area contributed by atoms with Crippen LogP contribution in [0.25, 0.3) is 0 Å². The summed E-state index contributed by atoms with van der Waals surface area (Å²) >= 11 is 6.11. The summed E-state index contributed by atoms with van der Waals surface area (Å²) in [5.41, 5.74) is 1.37. The molecular weight excluding hydrogens is 456 g/mol. The zero-order valence-corrected chi connectivity index (χ0v) is 18.7. The number of carbonyl (C=O) groups excluding carboxylic acids is 2. The van der Waals surface area contributed by atoms with Crippen LogP contribution in [0.5, 0.6) is 0 Å². The summed E-state index contributed by atoms with van der Waals surface area (Å²) in [7, 11) is -3.91. The van der Waals surface area contributed by atoms with E-state index in [-0.39, 0.29) is 34.2 Å². The van der Waals surface area contributed by atoms with E-state index in [9.17, 15) is 18.0 Å². The second kappa shape index (κ2) is 9.45. The summed E-state index contributed by atoms with van der Waals surface area (Å²) in [6.07, 6.45) is 1.53. The van der Waals surface area contributed by atoms with Gasteiger partial charge in [-0.3, -0.25) is 9.69 Å². The maximum atomic E-state index is 12.7. The van der Waals surface area contributed by atoms with Crippen LogP contribution in [0.2, 0.25) is 5.02 Å². The molecule has 0 spiro atoms. The van der Waals surface area contributed by atoms with Crippen LogP contribution in [0.3, 0.4) is 0 Å². The zero-order valence-electron chi connectivity index (χ0n) is 17.1. The Hall–Kier alpha value is -2.66. The molecule has 0 aliphatic carbocycles. The summed E-state index contributed by atoms with van der Waals surface area (Å²) < 4.78 is 33.4. The van der Waals surface area contributed by atoms with Crippen LogP contribution in [0, 0.1) is 0 Å². The van der Waals surface area contributed by atoms with Crippen LogP contribution in [-0.2, 0) is 14.8 Å². The van der Waals surface area contributed by atoms with Gasteiger partial charge in [-0.25, -0.2) is 17.9 Å². The second-order valence-electron chi connectivity index (χ2n) is 7.52. The Kier molecular flexibility index (Phi) is 6.66. The van der Waals surface area contributed by atoms with Crippen molar-refractivity contribution >= 4 is 44.9 Å². The molecule has 9 nitrogen and oxygen atoms in total. The molecule has 1 unspecified atom stereocenters. The van der Waals surface area contributed by atoms with E-state index in [1.165, 1.54) is 18.2 Å². The molecule has 4 rings (SSSR count). The number of benzene rings is 2. The third-order valence-electron chi connectivity index (χ3n) is 5.30. The Bertz CT molecular complexity index is 1120. The zero-order chi connectivity index (χ0) is 22.7. The molecule has 1 atom stereocenters. The number of hydrogen-bond acceptors (Lipinski definition) is 5. The summed E-state index contributed by atoms with van der Waals surface area (Å²) in [6, 6.07) is 10.7. The molecule has 2 aromatic rings. The molecule has 32 heavy (non-hydrogen) atoms. The van der Waals surface area contributed by atoms with E-state index < -0.39 is 15.9 Å². The van der Waals surface area contributed by atoms with Gasteiger partial charge in [0.05, 0.1) is 11.1 Å². The number of anilines is 2. The summed E-state index contributed by atoms with van der Waals surface area (Å²) in [4.78, 5) is 25.9. The van der Waals surface area contributed by atoms with Crippen molar-refractivity contribution < 1.29 is 22.7 Å². The summed E-state index contributed by atoms with van der Waals surface area (Å²) in [5, 5.41) is 5.48. The van der Waals surface area contributed by atoms with Crippen LogP contribution >= 0.6 is 11.6 Å². The minimum atomic E-state index is -3.91. The van der Waals surface area contributed by atoms with Gasteiger partial charge < -0.3 is 15.4 Å². The predicted octanol–water partition coefficient (Wildman–Crippen LogP) is 2.58. The fraction of sp³-hybridized carbons (Fsp3) is 0.333. The number of amides is 3. The number of urea groups is 1. The standard InChI is InChI=1S/C21H23ClN4O5S/c22-18-8-3-14(12-19(18)32(29,30)24-13-17-2-1-11-31-17)20(27)25-15-4-6-16(7-5-15)26-10-9-23-21(26)28/h3-8,12,17,24H,1-2,9-11,13H2,(H,23,28)(H,25,27). The van der Waals surface area contributed by atoms with Gasteiger partial charge in [-0.05, 0) is 55.3 Å². The van der Waals surface area contributed by atoms with Crippen LogP contribution in [0.1, 0.15) is 23.2 Å². The van der Waals surface area contributed by atoms with E-state index in [0.29, 0.717) is 25.4 Å². The molecule has 2 aliphatic heterocycles. The number of ether oxygens (including phenoxy) is 1. The minimum absolute atomic E-state index is 0.0228. The first-order valence-electron chi connectivity index (χ1n) is 10.2. The van der Waals surface area contributed by atoms with Crippen molar-refractivity contribution in [3.05, 3.63) is 53.1 Å². The third-order valence-corrected chi connectivity index (χ3v) is 7.21. The van der Waals surface area contributed by atoms with E-state index in [1.54, 1.807) is 29.2 Å². The molecular formula is C21H23ClN4O5S. The number of nitrogens with zero attached hydrogens (tertiary/aromatic N) is 1. The molecule has 2 aromatic carbocycles. The van der Waals surface area contributed by atoms with Crippen molar-refractivity contribution in [3.8, 4) is 0 Å². The SMILES string of the molecule is O=C(Nc1ccc(N2CCNC2=O)cc1)c1ccc(Cl)c(S(=O)(=O)NCC2CCCO2)c1. The van der Waals surface area contributed by atoms with Crippen LogP contribution in [-0.4, -0.2) is 52.7 Å². The first kappa shape index (κ1) is 22.5. The number of carbonyl (C=O) groups is 2. The first-order valence-corrected chi connectivity index (χ1v) is 12.1. The maximum absolute atomic E-state index is 12.7. The van der Waals surface area contributed by atoms with Gasteiger partial charge in [0.25, 0.3) is 5.91 Å². The van der Waals surface area contributed by atoms with Crippen molar-refractivity contribution in [2.24, 2.45) is 0 Å². The lowest BCUT2D eigenvalue weighted by atomic mass is 10.2. The smallest absolute Gasteiger partial charge is 0.321 e. The largest absolute Gasteiger partial charge is 0.377 e. The van der Waals surface area contributed by atoms with Gasteiger partial charge in [-0.2, -0.15) is 0 Å². The average Bonchev–Trinajstić information content (AvgIpc) is 3.45. The molecule has 11 heteroatoms. The lowest BCUT2D eigenvalue weighted by Gasteiger charge is -2.15. The highest BCUT2D eigenvalue weighted by molar-refractivity contribution is 7.89. The highest BCUT2D eigenvalue weighted by atomic mass is 35.5. The lowest BCUT2D eigenvalue weighted by molar-refractivity contribution is 0.102. The minimum Gasteiger partial charge on any atom is -0.377 e. The Labute approximate surface area is 191 Å². The van der Waals surface area contributed by atoms with E-state index in [4.69, 9.17) is 16.3 Å². The van der Waals surface area contributed by atoms with E-state index in [2.05, 4.69) is 15.4 Å². The average molecular weight is 479 g/mol. The van der Waals surface area contributed by atoms with Crippen molar-refractivity contribution in [2.75, 3.05) is 36.5 Å². The number of nitrogens with one attached hydrogen (secondary N) is 3. The van der Waals surface area contributed by atoms with Gasteiger partial charge >= 0.3 is 6.03 Å².